The molecule has 3 heterocycles. The van der Waals surface area contributed by atoms with Crippen molar-refractivity contribution in [1.29, 1.82) is 0 Å². The number of hydrogen-bond acceptors (Lipinski definition) is 3. The molecule has 0 bridgehead atoms. The number of pyridine rings is 1. The summed E-state index contributed by atoms with van der Waals surface area (Å²) >= 11 is 0. The number of aromatic nitrogens is 2. The summed E-state index contributed by atoms with van der Waals surface area (Å²) in [6.45, 7) is 8.09. The molecule has 1 fully saturated rings. The lowest BCUT2D eigenvalue weighted by Gasteiger charge is -2.36. The van der Waals surface area contributed by atoms with E-state index in [1.165, 1.54) is 11.3 Å². The molecule has 144 valence electrons. The summed E-state index contributed by atoms with van der Waals surface area (Å²) in [5.74, 6) is 0.141. The Morgan fingerprint density at radius 1 is 0.964 bits per heavy atom. The molecule has 0 radical (unpaired) electrons. The summed E-state index contributed by atoms with van der Waals surface area (Å²) in [4.78, 5) is 21.5. The summed E-state index contributed by atoms with van der Waals surface area (Å²) in [5.41, 5.74) is 5.41. The predicted octanol–water partition coefficient (Wildman–Crippen LogP) is 3.51. The van der Waals surface area contributed by atoms with Crippen molar-refractivity contribution in [2.24, 2.45) is 0 Å². The number of amides is 1. The van der Waals surface area contributed by atoms with E-state index < -0.39 is 0 Å². The minimum Gasteiger partial charge on any atom is -0.368 e. The second-order valence-electron chi connectivity index (χ2n) is 7.34. The van der Waals surface area contributed by atoms with Crippen LogP contribution in [0.2, 0.25) is 0 Å². The molecule has 0 unspecified atom stereocenters. The quantitative estimate of drug-likeness (QED) is 0.702. The average molecular weight is 374 g/mol. The summed E-state index contributed by atoms with van der Waals surface area (Å²) in [5, 5.41) is 0. The van der Waals surface area contributed by atoms with Gasteiger partial charge in [0.2, 0.25) is 0 Å². The van der Waals surface area contributed by atoms with Crippen LogP contribution in [-0.4, -0.2) is 46.5 Å². The maximum absolute atomic E-state index is 13.2. The molecule has 1 aliphatic heterocycles. The molecule has 0 N–H and O–H groups in total. The van der Waals surface area contributed by atoms with Gasteiger partial charge in [0, 0.05) is 62.2 Å². The normalized spacial score (nSPS) is 14.4. The molecule has 0 saturated carbocycles. The van der Waals surface area contributed by atoms with Gasteiger partial charge in [0.05, 0.1) is 5.56 Å². The first-order valence-electron chi connectivity index (χ1n) is 9.78. The highest BCUT2D eigenvalue weighted by Crippen LogP contribution is 2.21. The molecular weight excluding hydrogens is 348 g/mol. The molecule has 1 aromatic carbocycles. The molecule has 5 nitrogen and oxygen atoms in total. The molecule has 1 amide bonds. The standard InChI is InChI=1S/C23H26N4O/c1-18-16-22(19(2)27(18)17-20-6-4-3-5-7-20)23(28)26-14-12-25(13-15-26)21-8-10-24-11-9-21/h3-11,16H,12-15,17H2,1-2H3. The fourth-order valence-corrected chi connectivity index (χ4v) is 3.92. The Kier molecular flexibility index (Phi) is 5.15. The Morgan fingerprint density at radius 3 is 2.32 bits per heavy atom. The molecule has 28 heavy (non-hydrogen) atoms. The summed E-state index contributed by atoms with van der Waals surface area (Å²) < 4.78 is 2.23. The number of rotatable bonds is 4. The monoisotopic (exact) mass is 374 g/mol. The first-order chi connectivity index (χ1) is 13.6. The molecule has 1 saturated heterocycles. The number of carbonyl (C=O) groups is 1. The van der Waals surface area contributed by atoms with Crippen LogP contribution in [-0.2, 0) is 6.54 Å². The van der Waals surface area contributed by atoms with E-state index in [0.717, 1.165) is 49.7 Å². The van der Waals surface area contributed by atoms with Crippen molar-refractivity contribution >= 4 is 11.6 Å². The number of anilines is 1. The van der Waals surface area contributed by atoms with Crippen LogP contribution in [0.1, 0.15) is 27.3 Å². The summed E-state index contributed by atoms with van der Waals surface area (Å²) in [6, 6.07) is 16.5. The van der Waals surface area contributed by atoms with E-state index >= 15 is 0 Å². The number of carbonyl (C=O) groups excluding carboxylic acids is 1. The molecular formula is C23H26N4O. The SMILES string of the molecule is Cc1cc(C(=O)N2CCN(c3ccncc3)CC2)c(C)n1Cc1ccccc1. The van der Waals surface area contributed by atoms with E-state index in [1.54, 1.807) is 0 Å². The van der Waals surface area contributed by atoms with Crippen molar-refractivity contribution in [2.75, 3.05) is 31.1 Å². The second-order valence-corrected chi connectivity index (χ2v) is 7.34. The van der Waals surface area contributed by atoms with Crippen LogP contribution in [0.3, 0.4) is 0 Å². The average Bonchev–Trinajstić information content (AvgIpc) is 3.03. The Labute approximate surface area is 166 Å². The van der Waals surface area contributed by atoms with Crippen LogP contribution >= 0.6 is 0 Å². The van der Waals surface area contributed by atoms with Crippen LogP contribution < -0.4 is 4.90 Å². The van der Waals surface area contributed by atoms with Gasteiger partial charge in [-0.05, 0) is 37.6 Å². The van der Waals surface area contributed by atoms with Gasteiger partial charge >= 0.3 is 0 Å². The maximum Gasteiger partial charge on any atom is 0.255 e. The Balaban J connectivity index is 1.46. The van der Waals surface area contributed by atoms with Crippen molar-refractivity contribution in [3.05, 3.63) is 83.4 Å². The van der Waals surface area contributed by atoms with Crippen molar-refractivity contribution in [3.8, 4) is 0 Å². The van der Waals surface area contributed by atoms with Gasteiger partial charge in [0.15, 0.2) is 0 Å². The van der Waals surface area contributed by atoms with Gasteiger partial charge in [-0.3, -0.25) is 9.78 Å². The second kappa shape index (κ2) is 7.89. The minimum absolute atomic E-state index is 0.141. The van der Waals surface area contributed by atoms with Gasteiger partial charge < -0.3 is 14.4 Å². The van der Waals surface area contributed by atoms with Crippen LogP contribution in [0.25, 0.3) is 0 Å². The third-order valence-corrected chi connectivity index (χ3v) is 5.58. The molecule has 1 aliphatic rings. The number of aryl methyl sites for hydroxylation is 1. The zero-order chi connectivity index (χ0) is 19.5. The van der Waals surface area contributed by atoms with Crippen LogP contribution in [0, 0.1) is 13.8 Å². The number of nitrogens with zero attached hydrogens (tertiary/aromatic N) is 4. The number of benzene rings is 1. The largest absolute Gasteiger partial charge is 0.368 e. The van der Waals surface area contributed by atoms with E-state index in [0.29, 0.717) is 0 Å². The number of piperazine rings is 1. The van der Waals surface area contributed by atoms with Crippen molar-refractivity contribution in [1.82, 2.24) is 14.5 Å². The van der Waals surface area contributed by atoms with Gasteiger partial charge in [0.25, 0.3) is 5.91 Å². The van der Waals surface area contributed by atoms with Gasteiger partial charge in [-0.25, -0.2) is 0 Å². The van der Waals surface area contributed by atoms with Crippen LogP contribution in [0.5, 0.6) is 0 Å². The van der Waals surface area contributed by atoms with Gasteiger partial charge in [-0.1, -0.05) is 30.3 Å². The first-order valence-corrected chi connectivity index (χ1v) is 9.78. The Bertz CT molecular complexity index is 941. The maximum atomic E-state index is 13.2. The van der Waals surface area contributed by atoms with E-state index in [2.05, 4.69) is 52.6 Å². The predicted molar refractivity (Wildman–Crippen MR) is 112 cm³/mol. The smallest absolute Gasteiger partial charge is 0.255 e. The molecule has 4 rings (SSSR count). The Hall–Kier alpha value is -3.08. The highest BCUT2D eigenvalue weighted by atomic mass is 16.2. The topological polar surface area (TPSA) is 41.4 Å². The van der Waals surface area contributed by atoms with Gasteiger partial charge in [-0.15, -0.1) is 0 Å². The molecule has 0 aliphatic carbocycles. The zero-order valence-corrected chi connectivity index (χ0v) is 16.5. The lowest BCUT2D eigenvalue weighted by Crippen LogP contribution is -2.48. The molecule has 2 aromatic heterocycles. The molecule has 0 spiro atoms. The number of hydrogen-bond donors (Lipinski definition) is 0. The summed E-state index contributed by atoms with van der Waals surface area (Å²) in [6.07, 6.45) is 3.63. The van der Waals surface area contributed by atoms with Gasteiger partial charge in [-0.2, -0.15) is 0 Å². The highest BCUT2D eigenvalue weighted by Gasteiger charge is 2.25. The Morgan fingerprint density at radius 2 is 1.64 bits per heavy atom. The zero-order valence-electron chi connectivity index (χ0n) is 16.5. The lowest BCUT2D eigenvalue weighted by molar-refractivity contribution is 0.0746. The molecule has 3 aromatic rings. The van der Waals surface area contributed by atoms with Gasteiger partial charge in [0.1, 0.15) is 0 Å². The van der Waals surface area contributed by atoms with Crippen LogP contribution in [0.4, 0.5) is 5.69 Å². The highest BCUT2D eigenvalue weighted by molar-refractivity contribution is 5.96. The summed E-state index contributed by atoms with van der Waals surface area (Å²) in [7, 11) is 0. The van der Waals surface area contributed by atoms with Crippen molar-refractivity contribution < 1.29 is 4.79 Å². The third kappa shape index (κ3) is 3.65. The van der Waals surface area contributed by atoms with Crippen molar-refractivity contribution in [2.45, 2.75) is 20.4 Å². The third-order valence-electron chi connectivity index (χ3n) is 5.58. The van der Waals surface area contributed by atoms with E-state index in [-0.39, 0.29) is 5.91 Å². The van der Waals surface area contributed by atoms with E-state index in [4.69, 9.17) is 0 Å². The van der Waals surface area contributed by atoms with E-state index in [9.17, 15) is 4.79 Å². The van der Waals surface area contributed by atoms with Crippen molar-refractivity contribution in [3.63, 3.8) is 0 Å². The van der Waals surface area contributed by atoms with E-state index in [1.807, 2.05) is 41.6 Å². The minimum atomic E-state index is 0.141. The fraction of sp³-hybridized carbons (Fsp3) is 0.304. The molecule has 5 heteroatoms. The van der Waals surface area contributed by atoms with Crippen LogP contribution in [0.15, 0.2) is 60.9 Å². The first kappa shape index (κ1) is 18.3. The molecule has 0 atom stereocenters. The fourth-order valence-electron chi connectivity index (χ4n) is 3.92. The lowest BCUT2D eigenvalue weighted by atomic mass is 10.2.